The topological polar surface area (TPSA) is 39.2 Å². The fourth-order valence-electron chi connectivity index (χ4n) is 1.60. The summed E-state index contributed by atoms with van der Waals surface area (Å²) in [6.45, 7) is 0. The number of halogens is 1. The second-order valence-electron chi connectivity index (χ2n) is 3.21. The quantitative estimate of drug-likeness (QED) is 0.890. The van der Waals surface area contributed by atoms with E-state index in [0.717, 1.165) is 10.2 Å². The highest BCUT2D eigenvalue weighted by atomic mass is 79.9. The van der Waals surface area contributed by atoms with Crippen molar-refractivity contribution in [3.8, 4) is 0 Å². The van der Waals surface area contributed by atoms with Crippen LogP contribution in [-0.4, -0.2) is 11.0 Å². The molecular weight excluding hydrogens is 250 g/mol. The molecule has 4 heteroatoms. The van der Waals surface area contributed by atoms with Gasteiger partial charge < -0.3 is 10.2 Å². The standard InChI is InChI=1S/C9H12BrNOS/c10-6-3-4-12-9(6)8(11)7-2-1-5-13-7/h3-4,7-8H,1-2,5,11H2. The smallest absolute Gasteiger partial charge is 0.135 e. The lowest BCUT2D eigenvalue weighted by atomic mass is 10.1. The Bertz CT molecular complexity index is 283. The summed E-state index contributed by atoms with van der Waals surface area (Å²) in [5.74, 6) is 2.12. The van der Waals surface area contributed by atoms with Crippen LogP contribution in [0.4, 0.5) is 0 Å². The fourth-order valence-corrected chi connectivity index (χ4v) is 3.36. The lowest BCUT2D eigenvalue weighted by Gasteiger charge is -2.15. The predicted octanol–water partition coefficient (Wildman–Crippen LogP) is 2.94. The van der Waals surface area contributed by atoms with E-state index in [1.54, 1.807) is 6.26 Å². The maximum Gasteiger partial charge on any atom is 0.135 e. The summed E-state index contributed by atoms with van der Waals surface area (Å²) >= 11 is 5.38. The van der Waals surface area contributed by atoms with Crippen molar-refractivity contribution in [3.05, 3.63) is 22.6 Å². The third-order valence-electron chi connectivity index (χ3n) is 2.31. The summed E-state index contributed by atoms with van der Waals surface area (Å²) in [6.07, 6.45) is 4.17. The molecule has 0 bridgehead atoms. The molecule has 1 fully saturated rings. The molecule has 1 aromatic heterocycles. The molecule has 2 N–H and O–H groups in total. The summed E-state index contributed by atoms with van der Waals surface area (Å²) in [7, 11) is 0. The van der Waals surface area contributed by atoms with E-state index in [1.165, 1.54) is 18.6 Å². The van der Waals surface area contributed by atoms with Crippen LogP contribution in [0.25, 0.3) is 0 Å². The monoisotopic (exact) mass is 261 g/mol. The first-order valence-corrected chi connectivity index (χ1v) is 6.23. The molecule has 2 unspecified atom stereocenters. The molecule has 72 valence electrons. The first kappa shape index (κ1) is 9.62. The van der Waals surface area contributed by atoms with Crippen molar-refractivity contribution >= 4 is 27.7 Å². The van der Waals surface area contributed by atoms with Gasteiger partial charge in [-0.3, -0.25) is 0 Å². The van der Waals surface area contributed by atoms with E-state index in [0.29, 0.717) is 5.25 Å². The summed E-state index contributed by atoms with van der Waals surface area (Å²) in [6, 6.07) is 1.94. The molecule has 1 aromatic rings. The zero-order chi connectivity index (χ0) is 9.26. The average Bonchev–Trinajstić information content (AvgIpc) is 2.72. The first-order valence-electron chi connectivity index (χ1n) is 4.39. The Labute approximate surface area is 90.4 Å². The third kappa shape index (κ3) is 1.95. The molecule has 2 nitrogen and oxygen atoms in total. The van der Waals surface area contributed by atoms with Gasteiger partial charge in [0.1, 0.15) is 5.76 Å². The molecule has 0 saturated carbocycles. The van der Waals surface area contributed by atoms with Gasteiger partial charge in [0, 0.05) is 5.25 Å². The molecule has 0 aromatic carbocycles. The van der Waals surface area contributed by atoms with Crippen molar-refractivity contribution in [1.29, 1.82) is 0 Å². The number of rotatable bonds is 2. The summed E-state index contributed by atoms with van der Waals surface area (Å²) in [5, 5.41) is 0.530. The summed E-state index contributed by atoms with van der Waals surface area (Å²) in [5.41, 5.74) is 6.10. The maximum atomic E-state index is 6.10. The molecule has 2 atom stereocenters. The fraction of sp³-hybridized carbons (Fsp3) is 0.556. The highest BCUT2D eigenvalue weighted by molar-refractivity contribution is 9.10. The lowest BCUT2D eigenvalue weighted by Crippen LogP contribution is -2.21. The Morgan fingerprint density at radius 2 is 2.54 bits per heavy atom. The lowest BCUT2D eigenvalue weighted by molar-refractivity contribution is 0.452. The van der Waals surface area contributed by atoms with Crippen LogP contribution in [0.1, 0.15) is 24.6 Å². The maximum absolute atomic E-state index is 6.10. The van der Waals surface area contributed by atoms with Gasteiger partial charge in [0.15, 0.2) is 0 Å². The molecule has 1 saturated heterocycles. The van der Waals surface area contributed by atoms with Gasteiger partial charge in [-0.1, -0.05) is 0 Å². The highest BCUT2D eigenvalue weighted by Crippen LogP contribution is 2.37. The van der Waals surface area contributed by atoms with Crippen LogP contribution in [0.5, 0.6) is 0 Å². The van der Waals surface area contributed by atoms with Crippen LogP contribution in [0.2, 0.25) is 0 Å². The van der Waals surface area contributed by atoms with Gasteiger partial charge >= 0.3 is 0 Å². The minimum atomic E-state index is 0.0388. The number of nitrogens with two attached hydrogens (primary N) is 1. The van der Waals surface area contributed by atoms with Gasteiger partial charge in [0.05, 0.1) is 16.8 Å². The van der Waals surface area contributed by atoms with Gasteiger partial charge in [-0.15, -0.1) is 0 Å². The molecule has 0 amide bonds. The summed E-state index contributed by atoms with van der Waals surface area (Å²) < 4.78 is 6.35. The van der Waals surface area contributed by atoms with Crippen molar-refractivity contribution in [2.45, 2.75) is 24.1 Å². The van der Waals surface area contributed by atoms with E-state index in [2.05, 4.69) is 15.9 Å². The van der Waals surface area contributed by atoms with Gasteiger partial charge in [-0.05, 0) is 40.6 Å². The molecule has 1 aliphatic rings. The van der Waals surface area contributed by atoms with Crippen LogP contribution < -0.4 is 5.73 Å². The minimum Gasteiger partial charge on any atom is -0.466 e. The molecule has 0 radical (unpaired) electrons. The van der Waals surface area contributed by atoms with E-state index < -0.39 is 0 Å². The second kappa shape index (κ2) is 4.07. The van der Waals surface area contributed by atoms with Crippen molar-refractivity contribution in [1.82, 2.24) is 0 Å². The molecule has 1 aliphatic heterocycles. The number of hydrogen-bond donors (Lipinski definition) is 1. The zero-order valence-electron chi connectivity index (χ0n) is 7.20. The van der Waals surface area contributed by atoms with Gasteiger partial charge in [0.2, 0.25) is 0 Å². The van der Waals surface area contributed by atoms with E-state index >= 15 is 0 Å². The van der Waals surface area contributed by atoms with Gasteiger partial charge in [-0.25, -0.2) is 0 Å². The Balaban J connectivity index is 2.12. The predicted molar refractivity (Wildman–Crippen MR) is 58.8 cm³/mol. The van der Waals surface area contributed by atoms with Crippen molar-refractivity contribution in [2.75, 3.05) is 5.75 Å². The van der Waals surface area contributed by atoms with Gasteiger partial charge in [-0.2, -0.15) is 11.8 Å². The minimum absolute atomic E-state index is 0.0388. The normalized spacial score (nSPS) is 24.9. The SMILES string of the molecule is NC(c1occc1Br)C1CCCS1. The van der Waals surface area contributed by atoms with Crippen molar-refractivity contribution in [2.24, 2.45) is 5.73 Å². The van der Waals surface area contributed by atoms with Crippen LogP contribution >= 0.6 is 27.7 Å². The van der Waals surface area contributed by atoms with Crippen LogP contribution in [0.15, 0.2) is 21.2 Å². The van der Waals surface area contributed by atoms with Crippen molar-refractivity contribution < 1.29 is 4.42 Å². The Kier molecular flexibility index (Phi) is 3.01. The second-order valence-corrected chi connectivity index (χ2v) is 5.41. The van der Waals surface area contributed by atoms with E-state index in [9.17, 15) is 0 Å². The van der Waals surface area contributed by atoms with E-state index in [-0.39, 0.29) is 6.04 Å². The average molecular weight is 262 g/mol. The Hall–Kier alpha value is 0.0700. The largest absolute Gasteiger partial charge is 0.466 e. The van der Waals surface area contributed by atoms with Crippen molar-refractivity contribution in [3.63, 3.8) is 0 Å². The number of furan rings is 1. The van der Waals surface area contributed by atoms with Crippen LogP contribution in [0, 0.1) is 0 Å². The molecular formula is C9H12BrNOS. The van der Waals surface area contributed by atoms with Crippen LogP contribution in [0.3, 0.4) is 0 Å². The first-order chi connectivity index (χ1) is 6.29. The Morgan fingerprint density at radius 3 is 3.08 bits per heavy atom. The molecule has 13 heavy (non-hydrogen) atoms. The number of hydrogen-bond acceptors (Lipinski definition) is 3. The molecule has 2 rings (SSSR count). The molecule has 0 spiro atoms. The summed E-state index contributed by atoms with van der Waals surface area (Å²) in [4.78, 5) is 0. The van der Waals surface area contributed by atoms with Gasteiger partial charge in [0.25, 0.3) is 0 Å². The van der Waals surface area contributed by atoms with E-state index in [1.807, 2.05) is 17.8 Å². The van der Waals surface area contributed by atoms with Crippen LogP contribution in [-0.2, 0) is 0 Å². The number of thioether (sulfide) groups is 1. The highest BCUT2D eigenvalue weighted by Gasteiger charge is 2.27. The van der Waals surface area contributed by atoms with E-state index in [4.69, 9.17) is 10.2 Å². The molecule has 2 heterocycles. The third-order valence-corrected chi connectivity index (χ3v) is 4.45. The zero-order valence-corrected chi connectivity index (χ0v) is 9.61. The molecule has 0 aliphatic carbocycles. The Morgan fingerprint density at radius 1 is 1.69 bits per heavy atom.